The fraction of sp³-hybridized carbons (Fsp3) is 0.333. The Labute approximate surface area is 130 Å². The van der Waals surface area contributed by atoms with Crippen LogP contribution >= 0.6 is 0 Å². The maximum absolute atomic E-state index is 11.8. The quantitative estimate of drug-likeness (QED) is 0.524. The summed E-state index contributed by atoms with van der Waals surface area (Å²) in [6, 6.07) is 9.14. The van der Waals surface area contributed by atoms with Gasteiger partial charge in [-0.1, -0.05) is 36.7 Å². The van der Waals surface area contributed by atoms with Gasteiger partial charge in [-0.15, -0.1) is 0 Å². The van der Waals surface area contributed by atoms with E-state index in [0.29, 0.717) is 0 Å². The van der Waals surface area contributed by atoms with Crippen molar-refractivity contribution in [2.24, 2.45) is 0 Å². The molecule has 0 N–H and O–H groups in total. The third-order valence-electron chi connectivity index (χ3n) is 1.70. The second kappa shape index (κ2) is 7.87. The molecule has 0 amide bonds. The number of halogens is 3. The maximum atomic E-state index is 11.8. The largest absolute Gasteiger partial charge is 1.00 e. The topological polar surface area (TPSA) is 9.23 Å². The van der Waals surface area contributed by atoms with Gasteiger partial charge in [0.25, 0.3) is 0 Å². The van der Waals surface area contributed by atoms with Gasteiger partial charge in [0, 0.05) is 6.61 Å². The molecule has 0 fully saturated rings. The van der Waals surface area contributed by atoms with Gasteiger partial charge in [0.15, 0.2) is 0 Å². The van der Waals surface area contributed by atoms with Crippen LogP contribution in [0.5, 0.6) is 0 Å². The molecule has 0 bridgehead atoms. The Morgan fingerprint density at radius 2 is 1.67 bits per heavy atom. The molecule has 0 atom stereocenters. The molecule has 15 heavy (non-hydrogen) atoms. The molecule has 6 heteroatoms. The molecule has 1 nitrogen and oxygen atoms in total. The van der Waals surface area contributed by atoms with E-state index in [1.54, 1.807) is 0 Å². The summed E-state index contributed by atoms with van der Waals surface area (Å²) >= 11 is 0. The minimum Gasteiger partial charge on any atom is -0.449 e. The van der Waals surface area contributed by atoms with Crippen molar-refractivity contribution in [3.63, 3.8) is 0 Å². The van der Waals surface area contributed by atoms with E-state index in [2.05, 4.69) is 0 Å². The number of ether oxygens (including phenoxy) is 1. The molecule has 0 heterocycles. The maximum Gasteiger partial charge on any atom is 1.00 e. The molecular formula is C9H11BF3KO. The molecule has 0 unspecified atom stereocenters. The monoisotopic (exact) mass is 242 g/mol. The van der Waals surface area contributed by atoms with Crippen molar-refractivity contribution in [3.05, 3.63) is 35.9 Å². The number of benzene rings is 1. The van der Waals surface area contributed by atoms with E-state index in [9.17, 15) is 12.9 Å². The van der Waals surface area contributed by atoms with Crippen molar-refractivity contribution in [2.45, 2.75) is 12.9 Å². The summed E-state index contributed by atoms with van der Waals surface area (Å²) in [5.41, 5.74) is 0.891. The van der Waals surface area contributed by atoms with Crippen molar-refractivity contribution in [2.75, 3.05) is 6.61 Å². The summed E-state index contributed by atoms with van der Waals surface area (Å²) in [5, 5.41) is 0. The van der Waals surface area contributed by atoms with Crippen LogP contribution in [0.25, 0.3) is 0 Å². The Kier molecular flexibility index (Phi) is 8.22. The summed E-state index contributed by atoms with van der Waals surface area (Å²) < 4.78 is 40.2. The number of hydrogen-bond donors (Lipinski definition) is 0. The van der Waals surface area contributed by atoms with Gasteiger partial charge >= 0.3 is 58.4 Å². The van der Waals surface area contributed by atoms with Crippen LogP contribution in [0.4, 0.5) is 12.9 Å². The van der Waals surface area contributed by atoms with E-state index in [4.69, 9.17) is 4.74 Å². The first-order valence-corrected chi connectivity index (χ1v) is 4.40. The fourth-order valence-corrected chi connectivity index (χ4v) is 0.981. The average Bonchev–Trinajstić information content (AvgIpc) is 2.13. The van der Waals surface area contributed by atoms with E-state index in [1.165, 1.54) is 0 Å². The van der Waals surface area contributed by atoms with E-state index in [1.807, 2.05) is 30.3 Å². The van der Waals surface area contributed by atoms with Gasteiger partial charge in [0.05, 0.1) is 6.61 Å². The van der Waals surface area contributed by atoms with Crippen LogP contribution in [-0.4, -0.2) is 13.6 Å². The van der Waals surface area contributed by atoms with Crippen LogP contribution in [0.1, 0.15) is 5.56 Å². The summed E-state index contributed by atoms with van der Waals surface area (Å²) in [5.74, 6) is 0. The number of hydrogen-bond acceptors (Lipinski definition) is 1. The van der Waals surface area contributed by atoms with Crippen molar-refractivity contribution in [1.82, 2.24) is 0 Å². The Morgan fingerprint density at radius 1 is 1.07 bits per heavy atom. The van der Waals surface area contributed by atoms with Gasteiger partial charge in [-0.05, 0) is 5.56 Å². The first-order chi connectivity index (χ1) is 6.58. The van der Waals surface area contributed by atoms with Gasteiger partial charge in [0.1, 0.15) is 0 Å². The molecule has 0 aliphatic rings. The standard InChI is InChI=1S/C9H11BF3O.K/c11-10(12,13)6-7-14-8-9-4-2-1-3-5-9;/h1-5H,6-8H2;/q-1;+1. The Bertz CT molecular complexity index is 266. The second-order valence-corrected chi connectivity index (χ2v) is 3.04. The van der Waals surface area contributed by atoms with Gasteiger partial charge < -0.3 is 17.7 Å². The molecule has 0 aliphatic heterocycles. The predicted molar refractivity (Wildman–Crippen MR) is 50.0 cm³/mol. The Balaban J connectivity index is 0.00000196. The Morgan fingerprint density at radius 3 is 2.20 bits per heavy atom. The normalized spacial score (nSPS) is 10.9. The SMILES string of the molecule is F[B-](F)(F)CCOCc1ccccc1.[K+]. The molecule has 1 aromatic rings. The van der Waals surface area contributed by atoms with Crippen molar-refractivity contribution >= 4 is 6.98 Å². The molecule has 0 spiro atoms. The van der Waals surface area contributed by atoms with Crippen LogP contribution in [0.3, 0.4) is 0 Å². The van der Waals surface area contributed by atoms with Gasteiger partial charge in [0.2, 0.25) is 0 Å². The predicted octanol–water partition coefficient (Wildman–Crippen LogP) is 0.0546. The van der Waals surface area contributed by atoms with Crippen molar-refractivity contribution in [3.8, 4) is 0 Å². The van der Waals surface area contributed by atoms with Crippen LogP contribution in [0, 0.1) is 0 Å². The smallest absolute Gasteiger partial charge is 0.449 e. The first kappa shape index (κ1) is 15.7. The van der Waals surface area contributed by atoms with Crippen molar-refractivity contribution in [1.29, 1.82) is 0 Å². The van der Waals surface area contributed by atoms with E-state index in [-0.39, 0.29) is 64.6 Å². The van der Waals surface area contributed by atoms with Crippen LogP contribution in [-0.2, 0) is 11.3 Å². The van der Waals surface area contributed by atoms with E-state index < -0.39 is 13.3 Å². The van der Waals surface area contributed by atoms with Gasteiger partial charge in [-0.3, -0.25) is 0 Å². The van der Waals surface area contributed by atoms with Crippen LogP contribution < -0.4 is 51.4 Å². The summed E-state index contributed by atoms with van der Waals surface area (Å²) in [7, 11) is 0. The molecule has 0 saturated heterocycles. The Hall–Kier alpha value is 0.671. The van der Waals surface area contributed by atoms with Gasteiger partial charge in [-0.25, -0.2) is 0 Å². The molecule has 1 aromatic carbocycles. The first-order valence-electron chi connectivity index (χ1n) is 4.40. The fourth-order valence-electron chi connectivity index (χ4n) is 0.981. The van der Waals surface area contributed by atoms with Crippen molar-refractivity contribution < 1.29 is 69.1 Å². The minimum absolute atomic E-state index is 0. The van der Waals surface area contributed by atoms with Crippen LogP contribution in [0.2, 0.25) is 6.32 Å². The summed E-state index contributed by atoms with van der Waals surface area (Å²) in [6.45, 7) is -4.72. The third-order valence-corrected chi connectivity index (χ3v) is 1.70. The summed E-state index contributed by atoms with van der Waals surface area (Å²) in [6.07, 6.45) is -0.827. The molecule has 1 rings (SSSR count). The number of rotatable bonds is 5. The zero-order valence-electron chi connectivity index (χ0n) is 8.63. The molecule has 0 saturated carbocycles. The van der Waals surface area contributed by atoms with Crippen LogP contribution in [0.15, 0.2) is 30.3 Å². The zero-order valence-corrected chi connectivity index (χ0v) is 11.8. The molecule has 0 aliphatic carbocycles. The van der Waals surface area contributed by atoms with Gasteiger partial charge in [-0.2, -0.15) is 0 Å². The molecule has 0 radical (unpaired) electrons. The third kappa shape index (κ3) is 8.48. The average molecular weight is 242 g/mol. The van der Waals surface area contributed by atoms with E-state index >= 15 is 0 Å². The van der Waals surface area contributed by atoms with E-state index in [0.717, 1.165) is 5.56 Å². The zero-order chi connectivity index (χ0) is 10.4. The molecule has 0 aromatic heterocycles. The minimum atomic E-state index is -4.71. The second-order valence-electron chi connectivity index (χ2n) is 3.04. The molecular weight excluding hydrogens is 231 g/mol. The summed E-state index contributed by atoms with van der Waals surface area (Å²) in [4.78, 5) is 0. The molecule has 78 valence electrons.